The third-order valence-electron chi connectivity index (χ3n) is 5.15. The smallest absolute Gasteiger partial charge is 0.261 e. The summed E-state index contributed by atoms with van der Waals surface area (Å²) in [5.41, 5.74) is 0.952. The van der Waals surface area contributed by atoms with Gasteiger partial charge in [-0.1, -0.05) is 0 Å². The minimum Gasteiger partial charge on any atom is -0.337 e. The Morgan fingerprint density at radius 2 is 1.66 bits per heavy atom. The Hall–Kier alpha value is -1.87. The molecule has 2 aliphatic heterocycles. The summed E-state index contributed by atoms with van der Waals surface area (Å²) in [6, 6.07) is 10.1. The number of fused-ring (bicyclic) bond motifs is 2. The summed E-state index contributed by atoms with van der Waals surface area (Å²) >= 11 is 0. The Kier molecular flexibility index (Phi) is 7.87. The molecule has 1 amide bonds. The van der Waals surface area contributed by atoms with Gasteiger partial charge in [0.25, 0.3) is 15.9 Å². The lowest BCUT2D eigenvalue weighted by Gasteiger charge is -2.24. The van der Waals surface area contributed by atoms with Gasteiger partial charge in [0, 0.05) is 43.1 Å². The third-order valence-corrected chi connectivity index (χ3v) is 6.55. The van der Waals surface area contributed by atoms with Gasteiger partial charge in [-0.3, -0.25) is 14.5 Å². The Bertz CT molecular complexity index is 926. The largest absolute Gasteiger partial charge is 0.337 e. The van der Waals surface area contributed by atoms with E-state index in [1.807, 2.05) is 4.90 Å². The van der Waals surface area contributed by atoms with E-state index in [9.17, 15) is 13.2 Å². The van der Waals surface area contributed by atoms with Gasteiger partial charge in [-0.05, 0) is 55.7 Å². The monoisotopic (exact) mass is 458 g/mol. The molecule has 3 heterocycles. The zero-order valence-corrected chi connectivity index (χ0v) is 18.1. The molecule has 0 radical (unpaired) electrons. The molecule has 2 aromatic rings. The number of aromatic nitrogens is 1. The van der Waals surface area contributed by atoms with Crippen molar-refractivity contribution in [2.45, 2.75) is 36.2 Å². The van der Waals surface area contributed by atoms with Gasteiger partial charge >= 0.3 is 0 Å². The summed E-state index contributed by atoms with van der Waals surface area (Å²) in [5, 5.41) is 3.56. The molecule has 2 aliphatic rings. The summed E-state index contributed by atoms with van der Waals surface area (Å²) < 4.78 is 27.5. The predicted octanol–water partition coefficient (Wildman–Crippen LogP) is 2.69. The number of anilines is 1. The molecule has 2 bridgehead atoms. The number of amides is 1. The molecule has 158 valence electrons. The number of benzene rings is 1. The minimum absolute atomic E-state index is 0. The lowest BCUT2D eigenvalue weighted by molar-refractivity contribution is 0.0748. The number of carbonyl (C=O) groups is 1. The van der Waals surface area contributed by atoms with Crippen LogP contribution >= 0.6 is 24.8 Å². The maximum Gasteiger partial charge on any atom is 0.261 e. The number of pyridine rings is 1. The Morgan fingerprint density at radius 1 is 1.00 bits per heavy atom. The summed E-state index contributed by atoms with van der Waals surface area (Å²) in [6.45, 7) is 1.44. The molecule has 1 aromatic heterocycles. The first-order valence-corrected chi connectivity index (χ1v) is 10.6. The lowest BCUT2D eigenvalue weighted by atomic mass is 10.1. The summed E-state index contributed by atoms with van der Waals surface area (Å²) in [4.78, 5) is 18.7. The number of nitrogens with zero attached hydrogens (tertiary/aromatic N) is 2. The standard InChI is InChI=1S/C19H22N4O3S.2ClH/c24-19(23-12-9-15-3-4-17(13-23)21-15)14-1-5-18(6-2-14)27(25,26)22-16-7-10-20-11-8-16;;/h1-2,5-8,10-11,15,17,21H,3-4,9,12-13H2,(H,20,22);2*1H. The first-order valence-electron chi connectivity index (χ1n) is 9.09. The van der Waals surface area contributed by atoms with Gasteiger partial charge in [-0.15, -0.1) is 24.8 Å². The van der Waals surface area contributed by atoms with E-state index in [1.54, 1.807) is 24.3 Å². The highest BCUT2D eigenvalue weighted by atomic mass is 35.5. The van der Waals surface area contributed by atoms with E-state index in [0.29, 0.717) is 29.9 Å². The molecule has 4 rings (SSSR count). The van der Waals surface area contributed by atoms with Gasteiger partial charge in [0.05, 0.1) is 10.6 Å². The van der Waals surface area contributed by atoms with E-state index in [4.69, 9.17) is 0 Å². The number of carbonyl (C=O) groups excluding carboxylic acids is 1. The number of halogens is 2. The maximum absolute atomic E-state index is 12.8. The van der Waals surface area contributed by atoms with Crippen molar-refractivity contribution in [1.29, 1.82) is 0 Å². The van der Waals surface area contributed by atoms with Crippen LogP contribution < -0.4 is 10.0 Å². The summed E-state index contributed by atoms with van der Waals surface area (Å²) in [5.74, 6) is -0.0459. The highest BCUT2D eigenvalue weighted by Gasteiger charge is 2.31. The van der Waals surface area contributed by atoms with Crippen molar-refractivity contribution in [2.75, 3.05) is 17.8 Å². The average molecular weight is 459 g/mol. The second-order valence-electron chi connectivity index (χ2n) is 7.04. The first-order chi connectivity index (χ1) is 13.0. The number of nitrogens with one attached hydrogen (secondary N) is 2. The van der Waals surface area contributed by atoms with Crippen LogP contribution in [0.15, 0.2) is 53.7 Å². The number of likely N-dealkylation sites (tertiary alicyclic amines) is 1. The maximum atomic E-state index is 12.8. The number of hydrogen-bond acceptors (Lipinski definition) is 5. The number of hydrogen-bond donors (Lipinski definition) is 2. The van der Waals surface area contributed by atoms with E-state index < -0.39 is 10.0 Å². The van der Waals surface area contributed by atoms with Crippen LogP contribution in [-0.4, -0.2) is 49.4 Å². The van der Waals surface area contributed by atoms with E-state index in [2.05, 4.69) is 15.0 Å². The van der Waals surface area contributed by atoms with E-state index in [0.717, 1.165) is 19.4 Å². The SMILES string of the molecule is Cl.Cl.O=C(c1ccc(S(=O)(=O)Nc2ccncc2)cc1)N1CCC2CCC(C1)N2. The molecule has 29 heavy (non-hydrogen) atoms. The normalized spacial score (nSPS) is 20.8. The fourth-order valence-electron chi connectivity index (χ4n) is 3.72. The summed E-state index contributed by atoms with van der Waals surface area (Å²) in [7, 11) is -3.71. The van der Waals surface area contributed by atoms with Gasteiger partial charge in [-0.2, -0.15) is 0 Å². The third kappa shape index (κ3) is 5.39. The van der Waals surface area contributed by atoms with Gasteiger partial charge in [-0.25, -0.2) is 8.42 Å². The van der Waals surface area contributed by atoms with Crippen LogP contribution in [0.4, 0.5) is 5.69 Å². The van der Waals surface area contributed by atoms with Gasteiger partial charge in [0.2, 0.25) is 0 Å². The van der Waals surface area contributed by atoms with Crippen molar-refractivity contribution in [3.05, 3.63) is 54.4 Å². The van der Waals surface area contributed by atoms with E-state index in [1.165, 1.54) is 30.9 Å². The Balaban J connectivity index is 0.00000150. The van der Waals surface area contributed by atoms with Crippen LogP contribution in [0.3, 0.4) is 0 Å². The molecule has 2 fully saturated rings. The predicted molar refractivity (Wildman–Crippen MR) is 116 cm³/mol. The van der Waals surface area contributed by atoms with Gasteiger partial charge in [0.1, 0.15) is 0 Å². The number of sulfonamides is 1. The van der Waals surface area contributed by atoms with Crippen LogP contribution in [0.25, 0.3) is 0 Å². The van der Waals surface area contributed by atoms with Crippen molar-refractivity contribution in [3.63, 3.8) is 0 Å². The molecule has 2 atom stereocenters. The quantitative estimate of drug-likeness (QED) is 0.734. The molecule has 10 heteroatoms. The first kappa shape index (κ1) is 23.4. The zero-order valence-electron chi connectivity index (χ0n) is 15.7. The van der Waals surface area contributed by atoms with E-state index >= 15 is 0 Å². The van der Waals surface area contributed by atoms with Crippen LogP contribution in [0, 0.1) is 0 Å². The molecule has 1 aromatic carbocycles. The van der Waals surface area contributed by atoms with Crippen LogP contribution in [0.2, 0.25) is 0 Å². The minimum atomic E-state index is -3.71. The van der Waals surface area contributed by atoms with Crippen molar-refractivity contribution in [1.82, 2.24) is 15.2 Å². The molecular formula is C19H24Cl2N4O3S. The molecule has 7 nitrogen and oxygen atoms in total. The van der Waals surface area contributed by atoms with Crippen LogP contribution in [-0.2, 0) is 10.0 Å². The fourth-order valence-corrected chi connectivity index (χ4v) is 4.78. The molecular weight excluding hydrogens is 435 g/mol. The van der Waals surface area contributed by atoms with Crippen molar-refractivity contribution >= 4 is 46.4 Å². The second kappa shape index (κ2) is 9.75. The highest BCUT2D eigenvalue weighted by Crippen LogP contribution is 2.22. The van der Waals surface area contributed by atoms with Crippen LogP contribution in [0.5, 0.6) is 0 Å². The molecule has 0 spiro atoms. The van der Waals surface area contributed by atoms with Crippen molar-refractivity contribution in [2.24, 2.45) is 0 Å². The molecule has 2 saturated heterocycles. The van der Waals surface area contributed by atoms with Gasteiger partial charge < -0.3 is 10.2 Å². The highest BCUT2D eigenvalue weighted by molar-refractivity contribution is 7.92. The van der Waals surface area contributed by atoms with Gasteiger partial charge in [0.15, 0.2) is 0 Å². The number of rotatable bonds is 4. The Labute approximate surface area is 183 Å². The molecule has 0 aliphatic carbocycles. The molecule has 2 unspecified atom stereocenters. The fraction of sp³-hybridized carbons (Fsp3) is 0.368. The lowest BCUT2D eigenvalue weighted by Crippen LogP contribution is -2.39. The molecule has 0 saturated carbocycles. The summed E-state index contributed by atoms with van der Waals surface area (Å²) in [6.07, 6.45) is 6.28. The van der Waals surface area contributed by atoms with Crippen molar-refractivity contribution < 1.29 is 13.2 Å². The van der Waals surface area contributed by atoms with E-state index in [-0.39, 0.29) is 35.6 Å². The zero-order chi connectivity index (χ0) is 18.9. The van der Waals surface area contributed by atoms with Crippen LogP contribution in [0.1, 0.15) is 29.6 Å². The second-order valence-corrected chi connectivity index (χ2v) is 8.73. The molecule has 2 N–H and O–H groups in total. The average Bonchev–Trinajstić information content (AvgIpc) is 3.00. The van der Waals surface area contributed by atoms with Crippen molar-refractivity contribution in [3.8, 4) is 0 Å². The topological polar surface area (TPSA) is 91.4 Å². The Morgan fingerprint density at radius 3 is 2.34 bits per heavy atom.